The molecule has 0 aliphatic carbocycles. The Morgan fingerprint density at radius 1 is 0.897 bits per heavy atom. The number of barbiturate groups is 1. The zero-order valence-corrected chi connectivity index (χ0v) is 15.4. The molecule has 1 aliphatic rings. The molecule has 0 unspecified atom stereocenters. The molecule has 0 saturated carbocycles. The first-order valence-corrected chi connectivity index (χ1v) is 8.86. The summed E-state index contributed by atoms with van der Waals surface area (Å²) in [5.74, 6) is -1.99. The highest BCUT2D eigenvalue weighted by Gasteiger charge is 2.37. The van der Waals surface area contributed by atoms with E-state index in [0.29, 0.717) is 16.9 Å². The quantitative estimate of drug-likeness (QED) is 0.550. The van der Waals surface area contributed by atoms with Gasteiger partial charge in [0.1, 0.15) is 11.4 Å². The van der Waals surface area contributed by atoms with Gasteiger partial charge in [0.05, 0.1) is 11.4 Å². The van der Waals surface area contributed by atoms with Crippen LogP contribution < -0.4 is 10.2 Å². The SMILES string of the molecule is Cc1ccccc1N1C(=O)NC(=O)C(=Cc2cccn2-c2ccccc2F)C1=O. The number of amides is 4. The second-order valence-electron chi connectivity index (χ2n) is 6.50. The summed E-state index contributed by atoms with van der Waals surface area (Å²) >= 11 is 0. The number of aromatic nitrogens is 1. The Morgan fingerprint density at radius 2 is 1.59 bits per heavy atom. The van der Waals surface area contributed by atoms with Crippen molar-refractivity contribution in [2.45, 2.75) is 6.92 Å². The van der Waals surface area contributed by atoms with E-state index < -0.39 is 23.7 Å². The average Bonchev–Trinajstić information content (AvgIpc) is 3.15. The van der Waals surface area contributed by atoms with Crippen LogP contribution in [0.15, 0.2) is 72.4 Å². The summed E-state index contributed by atoms with van der Waals surface area (Å²) in [6, 6.07) is 15.6. The third-order valence-electron chi connectivity index (χ3n) is 4.64. The molecule has 0 radical (unpaired) electrons. The van der Waals surface area contributed by atoms with Crippen LogP contribution in [0.1, 0.15) is 11.3 Å². The van der Waals surface area contributed by atoms with Crippen molar-refractivity contribution >= 4 is 29.6 Å². The van der Waals surface area contributed by atoms with Gasteiger partial charge in [0.2, 0.25) is 0 Å². The van der Waals surface area contributed by atoms with Crippen LogP contribution in [0.3, 0.4) is 0 Å². The number of aryl methyl sites for hydroxylation is 1. The number of imide groups is 2. The van der Waals surface area contributed by atoms with Gasteiger partial charge < -0.3 is 4.57 Å². The zero-order valence-electron chi connectivity index (χ0n) is 15.4. The van der Waals surface area contributed by atoms with Gasteiger partial charge in [-0.2, -0.15) is 0 Å². The number of anilines is 1. The number of nitrogens with one attached hydrogen (secondary N) is 1. The van der Waals surface area contributed by atoms with E-state index in [1.165, 1.54) is 16.7 Å². The Balaban J connectivity index is 1.79. The minimum Gasteiger partial charge on any atom is -0.314 e. The van der Waals surface area contributed by atoms with Gasteiger partial charge in [0.25, 0.3) is 11.8 Å². The molecule has 1 aliphatic heterocycles. The topological polar surface area (TPSA) is 71.4 Å². The Labute approximate surface area is 165 Å². The Morgan fingerprint density at radius 3 is 2.31 bits per heavy atom. The first-order chi connectivity index (χ1) is 14.0. The van der Waals surface area contributed by atoms with E-state index in [-0.39, 0.29) is 11.3 Å². The zero-order chi connectivity index (χ0) is 20.5. The maximum atomic E-state index is 14.2. The smallest absolute Gasteiger partial charge is 0.314 e. The number of carbonyl (C=O) groups excluding carboxylic acids is 3. The van der Waals surface area contributed by atoms with Gasteiger partial charge in [-0.25, -0.2) is 14.1 Å². The summed E-state index contributed by atoms with van der Waals surface area (Å²) < 4.78 is 15.7. The monoisotopic (exact) mass is 389 g/mol. The standard InChI is InChI=1S/C22H16FN3O3/c1-14-7-2-4-10-18(14)26-21(28)16(20(27)24-22(26)29)13-15-8-6-12-25(15)19-11-5-3-9-17(19)23/h2-13H,1H3,(H,24,27,29). The van der Waals surface area contributed by atoms with Crippen molar-refractivity contribution < 1.29 is 18.8 Å². The molecular formula is C22H16FN3O3. The van der Waals surface area contributed by atoms with E-state index in [0.717, 1.165) is 4.90 Å². The number of hydrogen-bond acceptors (Lipinski definition) is 3. The van der Waals surface area contributed by atoms with E-state index in [4.69, 9.17) is 0 Å². The fraction of sp³-hybridized carbons (Fsp3) is 0.0455. The summed E-state index contributed by atoms with van der Waals surface area (Å²) in [5, 5.41) is 2.19. The van der Waals surface area contributed by atoms with Gasteiger partial charge in [-0.05, 0) is 48.9 Å². The maximum Gasteiger partial charge on any atom is 0.335 e. The first-order valence-electron chi connectivity index (χ1n) is 8.86. The lowest BCUT2D eigenvalue weighted by Crippen LogP contribution is -2.54. The molecule has 7 heteroatoms. The predicted molar refractivity (Wildman–Crippen MR) is 106 cm³/mol. The third kappa shape index (κ3) is 3.23. The number of rotatable bonds is 3. The van der Waals surface area contributed by atoms with Crippen molar-refractivity contribution in [3.8, 4) is 5.69 Å². The average molecular weight is 389 g/mol. The normalized spacial score (nSPS) is 15.7. The predicted octanol–water partition coefficient (Wildman–Crippen LogP) is 3.59. The van der Waals surface area contributed by atoms with Crippen LogP contribution in [0.25, 0.3) is 11.8 Å². The van der Waals surface area contributed by atoms with E-state index >= 15 is 0 Å². The molecule has 29 heavy (non-hydrogen) atoms. The lowest BCUT2D eigenvalue weighted by atomic mass is 10.1. The van der Waals surface area contributed by atoms with Gasteiger partial charge in [-0.1, -0.05) is 30.3 Å². The van der Waals surface area contributed by atoms with Crippen molar-refractivity contribution in [1.82, 2.24) is 9.88 Å². The molecule has 0 bridgehead atoms. The van der Waals surface area contributed by atoms with Crippen LogP contribution in [0, 0.1) is 12.7 Å². The highest BCUT2D eigenvalue weighted by Crippen LogP contribution is 2.25. The highest BCUT2D eigenvalue weighted by molar-refractivity contribution is 6.39. The largest absolute Gasteiger partial charge is 0.335 e. The minimum absolute atomic E-state index is 0.218. The first kappa shape index (κ1) is 18.4. The molecular weight excluding hydrogens is 373 g/mol. The summed E-state index contributed by atoms with van der Waals surface area (Å²) in [6.45, 7) is 1.76. The van der Waals surface area contributed by atoms with E-state index in [1.54, 1.807) is 67.7 Å². The second-order valence-corrected chi connectivity index (χ2v) is 6.50. The summed E-state index contributed by atoms with van der Waals surface area (Å²) in [4.78, 5) is 38.7. The number of nitrogens with zero attached hydrogens (tertiary/aromatic N) is 2. The molecule has 4 rings (SSSR count). The Kier molecular flexibility index (Phi) is 4.56. The fourth-order valence-corrected chi connectivity index (χ4v) is 3.22. The molecule has 1 saturated heterocycles. The van der Waals surface area contributed by atoms with Gasteiger partial charge in [-0.15, -0.1) is 0 Å². The summed E-state index contributed by atoms with van der Waals surface area (Å²) in [7, 11) is 0. The van der Waals surface area contributed by atoms with E-state index in [2.05, 4.69) is 5.32 Å². The van der Waals surface area contributed by atoms with Gasteiger partial charge in [0, 0.05) is 11.9 Å². The molecule has 3 aromatic rings. The van der Waals surface area contributed by atoms with Crippen LogP contribution >= 0.6 is 0 Å². The molecule has 0 spiro atoms. The van der Waals surface area contributed by atoms with Crippen LogP contribution in [0.2, 0.25) is 0 Å². The lowest BCUT2D eigenvalue weighted by Gasteiger charge is -2.27. The molecule has 2 heterocycles. The second kappa shape index (κ2) is 7.20. The number of urea groups is 1. The van der Waals surface area contributed by atoms with Crippen molar-refractivity contribution in [3.63, 3.8) is 0 Å². The molecule has 2 aromatic carbocycles. The van der Waals surface area contributed by atoms with Gasteiger partial charge >= 0.3 is 6.03 Å². The Bertz CT molecular complexity index is 1180. The van der Waals surface area contributed by atoms with E-state index in [1.807, 2.05) is 0 Å². The summed E-state index contributed by atoms with van der Waals surface area (Å²) in [5.41, 5.74) is 1.58. The number of halogens is 1. The van der Waals surface area contributed by atoms with Crippen molar-refractivity contribution in [2.24, 2.45) is 0 Å². The number of carbonyl (C=O) groups is 3. The molecule has 1 aromatic heterocycles. The lowest BCUT2D eigenvalue weighted by molar-refractivity contribution is -0.122. The number of hydrogen-bond donors (Lipinski definition) is 1. The van der Waals surface area contributed by atoms with Crippen molar-refractivity contribution in [1.29, 1.82) is 0 Å². The molecule has 1 fully saturated rings. The molecule has 144 valence electrons. The molecule has 1 N–H and O–H groups in total. The fourth-order valence-electron chi connectivity index (χ4n) is 3.22. The molecule has 6 nitrogen and oxygen atoms in total. The number of para-hydroxylation sites is 2. The van der Waals surface area contributed by atoms with Crippen LogP contribution in [-0.4, -0.2) is 22.4 Å². The van der Waals surface area contributed by atoms with Crippen molar-refractivity contribution in [3.05, 3.63) is 89.5 Å². The van der Waals surface area contributed by atoms with Crippen molar-refractivity contribution in [2.75, 3.05) is 4.90 Å². The molecule has 0 atom stereocenters. The highest BCUT2D eigenvalue weighted by atomic mass is 19.1. The number of benzene rings is 2. The van der Waals surface area contributed by atoms with Crippen LogP contribution in [0.5, 0.6) is 0 Å². The van der Waals surface area contributed by atoms with Crippen LogP contribution in [-0.2, 0) is 9.59 Å². The third-order valence-corrected chi connectivity index (χ3v) is 4.64. The van der Waals surface area contributed by atoms with Gasteiger partial charge in [0.15, 0.2) is 0 Å². The minimum atomic E-state index is -0.809. The summed E-state index contributed by atoms with van der Waals surface area (Å²) in [6.07, 6.45) is 2.97. The van der Waals surface area contributed by atoms with E-state index in [9.17, 15) is 18.8 Å². The van der Waals surface area contributed by atoms with Crippen LogP contribution in [0.4, 0.5) is 14.9 Å². The molecule has 4 amide bonds. The van der Waals surface area contributed by atoms with Gasteiger partial charge in [-0.3, -0.25) is 14.9 Å². The Hall–Kier alpha value is -4.00. The maximum absolute atomic E-state index is 14.2.